The van der Waals surface area contributed by atoms with Crippen molar-refractivity contribution in [3.63, 3.8) is 0 Å². The highest BCUT2D eigenvalue weighted by molar-refractivity contribution is 5.99. The maximum Gasteiger partial charge on any atom is 0.328 e. The highest BCUT2D eigenvalue weighted by Gasteiger charge is 2.40. The zero-order valence-corrected chi connectivity index (χ0v) is 16.1. The summed E-state index contributed by atoms with van der Waals surface area (Å²) in [6.07, 6.45) is -2.30. The molecule has 2 aromatic heterocycles. The first kappa shape index (κ1) is 20.1. The second kappa shape index (κ2) is 7.90. The first-order chi connectivity index (χ1) is 14.3. The van der Waals surface area contributed by atoms with Crippen LogP contribution in [0.2, 0.25) is 0 Å². The molecule has 3 heterocycles. The Kier molecular flexibility index (Phi) is 5.29. The molecule has 1 amide bonds. The minimum Gasteiger partial charge on any atom is -0.451 e. The van der Waals surface area contributed by atoms with E-state index in [0.29, 0.717) is 11.1 Å². The number of carbonyl (C=O) groups excluding carboxylic acids is 1. The van der Waals surface area contributed by atoms with E-state index in [1.54, 1.807) is 19.1 Å². The molecule has 0 radical (unpaired) electrons. The third kappa shape index (κ3) is 3.67. The van der Waals surface area contributed by atoms with Gasteiger partial charge in [-0.2, -0.15) is 0 Å². The van der Waals surface area contributed by atoms with Gasteiger partial charge in [-0.25, -0.2) is 4.79 Å². The molecule has 0 aliphatic carbocycles. The number of hydrogen-bond donors (Lipinski definition) is 4. The number of carbonyl (C=O) groups is 1. The molecule has 0 bridgehead atoms. The Labute approximate surface area is 169 Å². The summed E-state index contributed by atoms with van der Waals surface area (Å²) in [6.45, 7) is 1.62. The molecule has 1 aliphatic heterocycles. The van der Waals surface area contributed by atoms with Gasteiger partial charge in [0.2, 0.25) is 0 Å². The standard InChI is InChI=1S/C20H21N3O7/c1-10-11-4-2-3-5-13(11)30-18(10)19(27)21-12-9-29-14(17(26)16(12)25)8-23-7-6-15(24)22-20(23)28/h2-7,12,14,16-17,25-26H,8-9H2,1H3,(H,21,27)(H,22,24,28)/t12-,14-,16+,17-/m1/s1. The SMILES string of the molecule is Cc1c(C(=O)N[C@@H]2CO[C@H](Cn3ccc(=O)[nH]c3=O)[C@@H](O)[C@H]2O)oc2ccccc12. The number of fused-ring (bicyclic) bond motifs is 1. The summed E-state index contributed by atoms with van der Waals surface area (Å²) < 4.78 is 12.4. The van der Waals surface area contributed by atoms with Crippen molar-refractivity contribution in [2.24, 2.45) is 0 Å². The molecule has 0 saturated carbocycles. The van der Waals surface area contributed by atoms with Gasteiger partial charge in [-0.3, -0.25) is 19.1 Å². The minimum atomic E-state index is -1.36. The Morgan fingerprint density at radius 1 is 1.23 bits per heavy atom. The third-order valence-electron chi connectivity index (χ3n) is 5.27. The average Bonchev–Trinajstić information content (AvgIpc) is 3.06. The van der Waals surface area contributed by atoms with Gasteiger partial charge in [0.05, 0.1) is 19.2 Å². The fraction of sp³-hybridized carbons (Fsp3) is 0.350. The predicted octanol–water partition coefficient (Wildman–Crippen LogP) is -0.490. The number of aliphatic hydroxyl groups excluding tert-OH is 2. The molecule has 1 saturated heterocycles. The van der Waals surface area contributed by atoms with E-state index in [0.717, 1.165) is 5.39 Å². The van der Waals surface area contributed by atoms with Gasteiger partial charge >= 0.3 is 5.69 Å². The van der Waals surface area contributed by atoms with Gasteiger partial charge in [-0.1, -0.05) is 18.2 Å². The van der Waals surface area contributed by atoms with Crippen LogP contribution in [0.4, 0.5) is 0 Å². The highest BCUT2D eigenvalue weighted by atomic mass is 16.5. The third-order valence-corrected chi connectivity index (χ3v) is 5.27. The van der Waals surface area contributed by atoms with Crippen molar-refractivity contribution in [3.8, 4) is 0 Å². The highest BCUT2D eigenvalue weighted by Crippen LogP contribution is 2.25. The number of aromatic amines is 1. The second-order valence-corrected chi connectivity index (χ2v) is 7.25. The van der Waals surface area contributed by atoms with Crippen molar-refractivity contribution in [3.05, 3.63) is 68.7 Å². The molecule has 4 rings (SSSR count). The van der Waals surface area contributed by atoms with Crippen LogP contribution >= 0.6 is 0 Å². The summed E-state index contributed by atoms with van der Waals surface area (Å²) >= 11 is 0. The van der Waals surface area contributed by atoms with Gasteiger partial charge in [0.1, 0.15) is 23.9 Å². The van der Waals surface area contributed by atoms with Crippen molar-refractivity contribution in [1.82, 2.24) is 14.9 Å². The number of ether oxygens (including phenoxy) is 1. The molecule has 30 heavy (non-hydrogen) atoms. The van der Waals surface area contributed by atoms with E-state index >= 15 is 0 Å². The van der Waals surface area contributed by atoms with Crippen LogP contribution in [0, 0.1) is 6.92 Å². The molecule has 4 atom stereocenters. The van der Waals surface area contributed by atoms with E-state index in [1.165, 1.54) is 16.8 Å². The Bertz CT molecular complexity index is 1190. The van der Waals surface area contributed by atoms with Crippen LogP contribution in [-0.4, -0.2) is 56.6 Å². The van der Waals surface area contributed by atoms with Crippen LogP contribution in [0.15, 0.2) is 50.5 Å². The first-order valence-electron chi connectivity index (χ1n) is 9.41. The Hall–Kier alpha value is -3.21. The van der Waals surface area contributed by atoms with Crippen LogP contribution in [-0.2, 0) is 11.3 Å². The van der Waals surface area contributed by atoms with Gasteiger partial charge in [0, 0.05) is 23.2 Å². The number of furan rings is 1. The quantitative estimate of drug-likeness (QED) is 0.450. The molecule has 1 fully saturated rings. The molecule has 10 heteroatoms. The molecule has 1 aliphatic rings. The van der Waals surface area contributed by atoms with E-state index in [4.69, 9.17) is 9.15 Å². The first-order valence-corrected chi connectivity index (χ1v) is 9.41. The van der Waals surface area contributed by atoms with Crippen molar-refractivity contribution >= 4 is 16.9 Å². The smallest absolute Gasteiger partial charge is 0.328 e. The summed E-state index contributed by atoms with van der Waals surface area (Å²) in [5, 5.41) is 24.4. The van der Waals surface area contributed by atoms with Crippen LogP contribution in [0.5, 0.6) is 0 Å². The number of nitrogens with one attached hydrogen (secondary N) is 2. The zero-order valence-electron chi connectivity index (χ0n) is 16.1. The average molecular weight is 415 g/mol. The van der Waals surface area contributed by atoms with Crippen molar-refractivity contribution in [2.75, 3.05) is 6.61 Å². The minimum absolute atomic E-state index is 0.0722. The lowest BCUT2D eigenvalue weighted by molar-refractivity contribution is -0.152. The fourth-order valence-corrected chi connectivity index (χ4v) is 3.58. The van der Waals surface area contributed by atoms with Crippen molar-refractivity contribution in [2.45, 2.75) is 37.8 Å². The maximum atomic E-state index is 12.7. The summed E-state index contributed by atoms with van der Waals surface area (Å²) in [6, 6.07) is 7.54. The lowest BCUT2D eigenvalue weighted by Gasteiger charge is -2.37. The van der Waals surface area contributed by atoms with Gasteiger partial charge in [0.15, 0.2) is 5.76 Å². The molecular weight excluding hydrogens is 394 g/mol. The van der Waals surface area contributed by atoms with Crippen LogP contribution in [0.25, 0.3) is 11.0 Å². The topological polar surface area (TPSA) is 147 Å². The van der Waals surface area contributed by atoms with E-state index in [-0.39, 0.29) is 18.9 Å². The van der Waals surface area contributed by atoms with E-state index in [1.807, 2.05) is 12.1 Å². The number of aliphatic hydroxyl groups is 2. The Balaban J connectivity index is 1.45. The number of amides is 1. The lowest BCUT2D eigenvalue weighted by atomic mass is 9.97. The maximum absolute atomic E-state index is 12.7. The molecular formula is C20H21N3O7. The number of aromatic nitrogens is 2. The molecule has 3 aromatic rings. The van der Waals surface area contributed by atoms with Crippen LogP contribution in [0.1, 0.15) is 16.1 Å². The number of H-pyrrole nitrogens is 1. The van der Waals surface area contributed by atoms with E-state index in [9.17, 15) is 24.6 Å². The lowest BCUT2D eigenvalue weighted by Crippen LogP contribution is -2.60. The van der Waals surface area contributed by atoms with Crippen LogP contribution in [0.3, 0.4) is 0 Å². The molecule has 0 spiro atoms. The fourth-order valence-electron chi connectivity index (χ4n) is 3.58. The number of hydrogen-bond acceptors (Lipinski definition) is 7. The van der Waals surface area contributed by atoms with Crippen molar-refractivity contribution in [1.29, 1.82) is 0 Å². The van der Waals surface area contributed by atoms with Crippen LogP contribution < -0.4 is 16.6 Å². The number of para-hydroxylation sites is 1. The molecule has 158 valence electrons. The zero-order chi connectivity index (χ0) is 21.4. The largest absolute Gasteiger partial charge is 0.451 e. The Morgan fingerprint density at radius 3 is 2.73 bits per heavy atom. The summed E-state index contributed by atoms with van der Waals surface area (Å²) in [7, 11) is 0. The monoisotopic (exact) mass is 415 g/mol. The van der Waals surface area contributed by atoms with Crippen molar-refractivity contribution < 1.29 is 24.2 Å². The molecule has 4 N–H and O–H groups in total. The van der Waals surface area contributed by atoms with Gasteiger partial charge in [0.25, 0.3) is 11.5 Å². The number of aryl methyl sites for hydroxylation is 1. The summed E-state index contributed by atoms with van der Waals surface area (Å²) in [5.74, 6) is -0.404. The summed E-state index contributed by atoms with van der Waals surface area (Å²) in [5.41, 5.74) is 0.0610. The Morgan fingerprint density at radius 2 is 2.00 bits per heavy atom. The summed E-state index contributed by atoms with van der Waals surface area (Å²) in [4.78, 5) is 37.8. The second-order valence-electron chi connectivity index (χ2n) is 7.25. The molecule has 10 nitrogen and oxygen atoms in total. The van der Waals surface area contributed by atoms with Gasteiger partial charge in [-0.15, -0.1) is 0 Å². The number of benzene rings is 1. The van der Waals surface area contributed by atoms with Gasteiger partial charge in [-0.05, 0) is 13.0 Å². The number of rotatable bonds is 4. The number of nitrogens with zero attached hydrogens (tertiary/aromatic N) is 1. The van der Waals surface area contributed by atoms with E-state index in [2.05, 4.69) is 10.3 Å². The predicted molar refractivity (Wildman–Crippen MR) is 105 cm³/mol. The van der Waals surface area contributed by atoms with Gasteiger partial charge < -0.3 is 24.7 Å². The van der Waals surface area contributed by atoms with E-state index < -0.39 is 41.5 Å². The normalized spacial score (nSPS) is 24.1. The molecule has 0 unspecified atom stereocenters. The molecule has 1 aromatic carbocycles.